The van der Waals surface area contributed by atoms with Gasteiger partial charge in [0.2, 0.25) is 0 Å². The molecule has 0 aliphatic heterocycles. The Bertz CT molecular complexity index is 4560. The number of benzene rings is 10. The first-order valence-corrected chi connectivity index (χ1v) is 27.6. The standard InChI is InChI=1S/C73H58F2N4/c1-47(76-63-37-17-7-26-51(63)52-27-8-18-38-64(52)76)45-60(50-25-5-15-35-61(50)74)72(79-69-43-23-13-32-57(69)58-33-14-24-44-70(58)79)71(59-34-6-16-36-62(59)75)73(4,49(3)78-67-41-21-11-30-55(67)56-31-12-22-42-68(56)78)46-48(2)77-65-39-19-9-28-53(65)54-29-10-20-40-66(54)77/h5-45,47-49H,46H2,1-4H3/b60-45+,72-71+/t47?,48?,49?,73-/m1/s1. The van der Waals surface area contributed by atoms with Crippen molar-refractivity contribution in [2.24, 2.45) is 5.41 Å². The van der Waals surface area contributed by atoms with Gasteiger partial charge in [-0.3, -0.25) is 0 Å². The van der Waals surface area contributed by atoms with E-state index in [1.807, 2.05) is 24.3 Å². The van der Waals surface area contributed by atoms with Crippen molar-refractivity contribution in [3.63, 3.8) is 0 Å². The third-order valence-corrected chi connectivity index (χ3v) is 17.3. The lowest BCUT2D eigenvalue weighted by molar-refractivity contribution is 0.244. The summed E-state index contributed by atoms with van der Waals surface area (Å²) in [6.07, 6.45) is 2.79. The zero-order valence-corrected chi connectivity index (χ0v) is 44.7. The fourth-order valence-electron chi connectivity index (χ4n) is 13.9. The van der Waals surface area contributed by atoms with Crippen molar-refractivity contribution in [2.45, 2.75) is 52.2 Å². The Morgan fingerprint density at radius 1 is 0.380 bits per heavy atom. The molecule has 10 aromatic carbocycles. The van der Waals surface area contributed by atoms with E-state index in [0.29, 0.717) is 28.8 Å². The molecule has 0 saturated carbocycles. The smallest absolute Gasteiger partial charge is 0.131 e. The number of allylic oxidation sites excluding steroid dienone is 4. The van der Waals surface area contributed by atoms with Gasteiger partial charge >= 0.3 is 0 Å². The highest BCUT2D eigenvalue weighted by molar-refractivity contribution is 6.19. The molecule has 0 saturated heterocycles. The van der Waals surface area contributed by atoms with Gasteiger partial charge in [-0.15, -0.1) is 0 Å². The largest absolute Gasteiger partial charge is 0.338 e. The zero-order valence-electron chi connectivity index (χ0n) is 44.7. The van der Waals surface area contributed by atoms with Crippen LogP contribution < -0.4 is 0 Å². The molecule has 4 aromatic heterocycles. The number of fused-ring (bicyclic) bond motifs is 12. The summed E-state index contributed by atoms with van der Waals surface area (Å²) in [5.74, 6) is -0.727. The fourth-order valence-corrected chi connectivity index (χ4v) is 13.9. The normalized spacial score (nSPS) is 14.7. The van der Waals surface area contributed by atoms with Crippen molar-refractivity contribution in [3.8, 4) is 0 Å². The quantitative estimate of drug-likeness (QED) is 0.109. The van der Waals surface area contributed by atoms with Crippen LogP contribution in [0.15, 0.2) is 249 Å². The molecule has 3 unspecified atom stereocenters. The van der Waals surface area contributed by atoms with E-state index in [1.165, 1.54) is 10.8 Å². The molecule has 0 N–H and O–H groups in total. The van der Waals surface area contributed by atoms with Crippen molar-refractivity contribution >= 4 is 104 Å². The third kappa shape index (κ3) is 7.52. The Labute approximate surface area is 458 Å². The van der Waals surface area contributed by atoms with Gasteiger partial charge in [-0.05, 0) is 93.4 Å². The fraction of sp³-hybridized carbons (Fsp3) is 0.123. The first-order chi connectivity index (χ1) is 38.7. The van der Waals surface area contributed by atoms with Gasteiger partial charge in [-0.25, -0.2) is 8.78 Å². The molecule has 0 aliphatic carbocycles. The van der Waals surface area contributed by atoms with E-state index in [9.17, 15) is 0 Å². The van der Waals surface area contributed by atoms with E-state index in [2.05, 4.69) is 246 Å². The molecule has 6 heteroatoms. The van der Waals surface area contributed by atoms with Crippen LogP contribution in [0.4, 0.5) is 8.78 Å². The van der Waals surface area contributed by atoms with Gasteiger partial charge in [0.15, 0.2) is 0 Å². The number of hydrogen-bond donors (Lipinski definition) is 0. The molecule has 384 valence electrons. The molecule has 4 nitrogen and oxygen atoms in total. The van der Waals surface area contributed by atoms with Crippen LogP contribution in [0.2, 0.25) is 0 Å². The summed E-state index contributed by atoms with van der Waals surface area (Å²) in [5.41, 5.74) is 10.5. The summed E-state index contributed by atoms with van der Waals surface area (Å²) in [4.78, 5) is 0. The second-order valence-electron chi connectivity index (χ2n) is 21.7. The molecule has 14 rings (SSSR count). The van der Waals surface area contributed by atoms with Crippen LogP contribution in [0.5, 0.6) is 0 Å². The first-order valence-electron chi connectivity index (χ1n) is 27.6. The van der Waals surface area contributed by atoms with Gasteiger partial charge in [0.25, 0.3) is 0 Å². The molecule has 0 spiro atoms. The lowest BCUT2D eigenvalue weighted by Crippen LogP contribution is -2.34. The predicted molar refractivity (Wildman–Crippen MR) is 329 cm³/mol. The summed E-state index contributed by atoms with van der Waals surface area (Å²) < 4.78 is 46.0. The minimum atomic E-state index is -0.985. The van der Waals surface area contributed by atoms with Crippen LogP contribution in [-0.2, 0) is 0 Å². The van der Waals surface area contributed by atoms with Crippen molar-refractivity contribution < 1.29 is 8.78 Å². The summed E-state index contributed by atoms with van der Waals surface area (Å²) in [7, 11) is 0. The molecule has 4 heterocycles. The average Bonchev–Trinajstić information content (AvgIpc) is 4.39. The molecule has 0 bridgehead atoms. The van der Waals surface area contributed by atoms with Crippen LogP contribution in [0, 0.1) is 17.0 Å². The van der Waals surface area contributed by atoms with E-state index >= 15 is 8.78 Å². The lowest BCUT2D eigenvalue weighted by Gasteiger charge is -2.44. The van der Waals surface area contributed by atoms with Gasteiger partial charge in [0, 0.05) is 110 Å². The van der Waals surface area contributed by atoms with Gasteiger partial charge < -0.3 is 18.3 Å². The number of aromatic nitrogens is 4. The Morgan fingerprint density at radius 2 is 0.684 bits per heavy atom. The summed E-state index contributed by atoms with van der Waals surface area (Å²) in [6, 6.07) is 82.4. The average molecular weight is 1030 g/mol. The van der Waals surface area contributed by atoms with E-state index in [4.69, 9.17) is 0 Å². The highest BCUT2D eigenvalue weighted by Gasteiger charge is 2.44. The van der Waals surface area contributed by atoms with Crippen LogP contribution in [0.1, 0.15) is 63.4 Å². The van der Waals surface area contributed by atoms with Crippen molar-refractivity contribution in [2.75, 3.05) is 0 Å². The number of halogens is 2. The Kier molecular flexibility index (Phi) is 11.6. The van der Waals surface area contributed by atoms with Crippen LogP contribution in [-0.4, -0.2) is 18.3 Å². The first kappa shape index (κ1) is 48.1. The maximum Gasteiger partial charge on any atom is 0.131 e. The number of rotatable bonds is 12. The van der Waals surface area contributed by atoms with E-state index < -0.39 is 5.41 Å². The molecule has 4 atom stereocenters. The maximum absolute atomic E-state index is 18.4. The molecule has 0 fully saturated rings. The number of para-hydroxylation sites is 8. The molecule has 0 amide bonds. The van der Waals surface area contributed by atoms with Crippen molar-refractivity contribution in [1.29, 1.82) is 0 Å². The molecular formula is C73H58F2N4. The molecule has 79 heavy (non-hydrogen) atoms. The minimum absolute atomic E-state index is 0.163. The number of nitrogens with zero attached hydrogens (tertiary/aromatic N) is 4. The summed E-state index contributed by atoms with van der Waals surface area (Å²) in [6.45, 7) is 9.22. The maximum atomic E-state index is 18.4. The van der Waals surface area contributed by atoms with E-state index in [0.717, 1.165) is 82.0 Å². The second-order valence-corrected chi connectivity index (χ2v) is 21.7. The van der Waals surface area contributed by atoms with Crippen LogP contribution in [0.25, 0.3) is 104 Å². The SMILES string of the molecule is CC(/C=C(/C(=C(/c1ccccc1F)[C@](C)(CC(C)n1c2ccccc2c2ccccc21)C(C)n1c2ccccc2c2ccccc21)n1c2ccccc2c2ccccc21)c1ccccc1F)n1c2ccccc2c2ccccc21. The van der Waals surface area contributed by atoms with E-state index in [1.54, 1.807) is 24.3 Å². The van der Waals surface area contributed by atoms with Crippen LogP contribution in [0.3, 0.4) is 0 Å². The van der Waals surface area contributed by atoms with Crippen molar-refractivity contribution in [1.82, 2.24) is 18.3 Å². The van der Waals surface area contributed by atoms with Gasteiger partial charge in [0.05, 0.1) is 22.8 Å². The summed E-state index contributed by atoms with van der Waals surface area (Å²) >= 11 is 0. The monoisotopic (exact) mass is 1030 g/mol. The van der Waals surface area contributed by atoms with E-state index in [-0.39, 0.29) is 29.8 Å². The van der Waals surface area contributed by atoms with Crippen molar-refractivity contribution in [3.05, 3.63) is 271 Å². The Balaban J connectivity index is 1.19. The second kappa shape index (κ2) is 19.0. The molecular weight excluding hydrogens is 971 g/mol. The number of hydrogen-bond acceptors (Lipinski definition) is 0. The molecule has 14 aromatic rings. The predicted octanol–water partition coefficient (Wildman–Crippen LogP) is 20.0. The topological polar surface area (TPSA) is 19.7 Å². The molecule has 0 aliphatic rings. The molecule has 0 radical (unpaired) electrons. The Morgan fingerprint density at radius 3 is 1.08 bits per heavy atom. The zero-order chi connectivity index (χ0) is 53.5. The van der Waals surface area contributed by atoms with Gasteiger partial charge in [0.1, 0.15) is 11.6 Å². The highest BCUT2D eigenvalue weighted by atomic mass is 19.1. The van der Waals surface area contributed by atoms with Gasteiger partial charge in [-0.1, -0.05) is 195 Å². The Hall–Kier alpha value is -9.26. The van der Waals surface area contributed by atoms with Crippen LogP contribution >= 0.6 is 0 Å². The third-order valence-electron chi connectivity index (χ3n) is 17.3. The lowest BCUT2D eigenvalue weighted by atomic mass is 9.67. The highest BCUT2D eigenvalue weighted by Crippen LogP contribution is 2.57. The van der Waals surface area contributed by atoms with Gasteiger partial charge in [-0.2, -0.15) is 0 Å². The minimum Gasteiger partial charge on any atom is -0.338 e. The summed E-state index contributed by atoms with van der Waals surface area (Å²) in [5, 5.41) is 9.03.